The number of alkyl carbamates (subject to hydrolysis) is 1. The molecule has 0 spiro atoms. The van der Waals surface area contributed by atoms with Crippen LogP contribution in [0.25, 0.3) is 0 Å². The summed E-state index contributed by atoms with van der Waals surface area (Å²) in [5.74, 6) is -0.281. The van der Waals surface area contributed by atoms with E-state index in [0.29, 0.717) is 6.54 Å². The van der Waals surface area contributed by atoms with E-state index in [-0.39, 0.29) is 24.9 Å². The van der Waals surface area contributed by atoms with Gasteiger partial charge in [0, 0.05) is 13.0 Å². The van der Waals surface area contributed by atoms with E-state index in [1.807, 2.05) is 0 Å². The van der Waals surface area contributed by atoms with Gasteiger partial charge in [0.25, 0.3) is 0 Å². The van der Waals surface area contributed by atoms with Crippen LogP contribution in [0.2, 0.25) is 0 Å². The molecule has 1 aliphatic rings. The summed E-state index contributed by atoms with van der Waals surface area (Å²) >= 11 is 0. The lowest BCUT2D eigenvalue weighted by atomic mass is 10.2. The van der Waals surface area contributed by atoms with Gasteiger partial charge < -0.3 is 15.2 Å². The number of carbonyl (C=O) groups is 2. The molecule has 15 heavy (non-hydrogen) atoms. The van der Waals surface area contributed by atoms with Gasteiger partial charge in [0.15, 0.2) is 0 Å². The number of hydrogen-bond acceptors (Lipinski definition) is 3. The topological polar surface area (TPSA) is 75.6 Å². The fourth-order valence-electron chi connectivity index (χ4n) is 1.43. The Balaban J connectivity index is 2.05. The van der Waals surface area contributed by atoms with Crippen LogP contribution in [0.15, 0.2) is 12.7 Å². The summed E-state index contributed by atoms with van der Waals surface area (Å²) in [6.07, 6.45) is 2.07. The molecule has 2 atom stereocenters. The molecule has 0 saturated heterocycles. The maximum atomic E-state index is 11.0. The molecule has 0 radical (unpaired) electrons. The van der Waals surface area contributed by atoms with Crippen molar-refractivity contribution in [1.82, 2.24) is 5.32 Å². The Morgan fingerprint density at radius 3 is 2.87 bits per heavy atom. The van der Waals surface area contributed by atoms with Gasteiger partial charge in [0.1, 0.15) is 6.61 Å². The first-order chi connectivity index (χ1) is 7.13. The zero-order valence-corrected chi connectivity index (χ0v) is 8.44. The summed E-state index contributed by atoms with van der Waals surface area (Å²) in [4.78, 5) is 21.3. The Labute approximate surface area is 88.1 Å². The van der Waals surface area contributed by atoms with E-state index in [0.717, 1.165) is 6.42 Å². The van der Waals surface area contributed by atoms with Gasteiger partial charge in [-0.3, -0.25) is 4.79 Å². The second-order valence-corrected chi connectivity index (χ2v) is 3.62. The summed E-state index contributed by atoms with van der Waals surface area (Å²) < 4.78 is 4.70. The van der Waals surface area contributed by atoms with Crippen molar-refractivity contribution < 1.29 is 19.4 Å². The molecule has 0 unspecified atom stereocenters. The molecule has 0 aromatic carbocycles. The standard InChI is InChI=1S/C10H15NO4/c1-2-3-15-10(14)11-6-8-4-7(8)5-9(12)13/h2,7-8H,1,3-6H2,(H,11,14)(H,12,13)/t7-,8+/m0/s1. The Kier molecular flexibility index (Phi) is 4.15. The van der Waals surface area contributed by atoms with Gasteiger partial charge in [-0.15, -0.1) is 0 Å². The van der Waals surface area contributed by atoms with Crippen LogP contribution in [0.1, 0.15) is 12.8 Å². The third-order valence-electron chi connectivity index (χ3n) is 2.35. The Morgan fingerprint density at radius 2 is 2.27 bits per heavy atom. The molecule has 84 valence electrons. The van der Waals surface area contributed by atoms with E-state index in [2.05, 4.69) is 11.9 Å². The number of carboxylic acids is 1. The van der Waals surface area contributed by atoms with Crippen molar-refractivity contribution in [2.24, 2.45) is 11.8 Å². The quantitative estimate of drug-likeness (QED) is 0.645. The monoisotopic (exact) mass is 213 g/mol. The molecule has 0 heterocycles. The first-order valence-corrected chi connectivity index (χ1v) is 4.86. The van der Waals surface area contributed by atoms with Gasteiger partial charge in [0.05, 0.1) is 0 Å². The number of aliphatic carboxylic acids is 1. The van der Waals surface area contributed by atoms with Crippen molar-refractivity contribution in [1.29, 1.82) is 0 Å². The summed E-state index contributed by atoms with van der Waals surface area (Å²) in [7, 11) is 0. The average molecular weight is 213 g/mol. The first kappa shape index (κ1) is 11.6. The van der Waals surface area contributed by atoms with E-state index >= 15 is 0 Å². The van der Waals surface area contributed by atoms with Gasteiger partial charge in [-0.1, -0.05) is 12.7 Å². The van der Waals surface area contributed by atoms with E-state index in [9.17, 15) is 9.59 Å². The molecule has 5 nitrogen and oxygen atoms in total. The molecule has 1 amide bonds. The van der Waals surface area contributed by atoms with Crippen LogP contribution in [-0.4, -0.2) is 30.3 Å². The highest BCUT2D eigenvalue weighted by molar-refractivity contribution is 5.68. The van der Waals surface area contributed by atoms with Gasteiger partial charge in [-0.2, -0.15) is 0 Å². The molecule has 0 aliphatic heterocycles. The van der Waals surface area contributed by atoms with Gasteiger partial charge in [-0.25, -0.2) is 4.79 Å². The van der Waals surface area contributed by atoms with Crippen molar-refractivity contribution >= 4 is 12.1 Å². The lowest BCUT2D eigenvalue weighted by Crippen LogP contribution is -2.26. The second kappa shape index (κ2) is 5.38. The molecular formula is C10H15NO4. The van der Waals surface area contributed by atoms with Crippen LogP contribution in [0.5, 0.6) is 0 Å². The summed E-state index contributed by atoms with van der Waals surface area (Å²) in [6, 6.07) is 0. The predicted octanol–water partition coefficient (Wildman–Crippen LogP) is 1.01. The predicted molar refractivity (Wildman–Crippen MR) is 53.4 cm³/mol. The van der Waals surface area contributed by atoms with Crippen LogP contribution < -0.4 is 5.32 Å². The zero-order chi connectivity index (χ0) is 11.3. The number of carboxylic acid groups (broad SMARTS) is 1. The molecule has 1 rings (SSSR count). The van der Waals surface area contributed by atoms with Crippen LogP contribution in [-0.2, 0) is 9.53 Å². The fraction of sp³-hybridized carbons (Fsp3) is 0.600. The minimum Gasteiger partial charge on any atom is -0.481 e. The summed E-state index contributed by atoms with van der Waals surface area (Å²) in [6.45, 7) is 4.10. The first-order valence-electron chi connectivity index (χ1n) is 4.86. The number of carbonyl (C=O) groups excluding carboxylic acids is 1. The number of ether oxygens (including phenoxy) is 1. The number of rotatable bonds is 6. The highest BCUT2D eigenvalue weighted by Crippen LogP contribution is 2.40. The highest BCUT2D eigenvalue weighted by atomic mass is 16.5. The number of hydrogen-bond donors (Lipinski definition) is 2. The van der Waals surface area contributed by atoms with Crippen LogP contribution in [0.3, 0.4) is 0 Å². The molecule has 1 saturated carbocycles. The van der Waals surface area contributed by atoms with E-state index in [1.165, 1.54) is 6.08 Å². The molecular weight excluding hydrogens is 198 g/mol. The van der Waals surface area contributed by atoms with Crippen molar-refractivity contribution in [3.05, 3.63) is 12.7 Å². The van der Waals surface area contributed by atoms with Crippen LogP contribution in [0, 0.1) is 11.8 Å². The minimum atomic E-state index is -0.781. The van der Waals surface area contributed by atoms with E-state index < -0.39 is 12.1 Å². The molecule has 1 fully saturated rings. The summed E-state index contributed by atoms with van der Waals surface area (Å²) in [5, 5.41) is 11.1. The van der Waals surface area contributed by atoms with Crippen LogP contribution >= 0.6 is 0 Å². The third kappa shape index (κ3) is 4.49. The lowest BCUT2D eigenvalue weighted by molar-refractivity contribution is -0.137. The second-order valence-electron chi connectivity index (χ2n) is 3.62. The molecule has 1 aliphatic carbocycles. The Hall–Kier alpha value is -1.52. The van der Waals surface area contributed by atoms with Gasteiger partial charge in [0.2, 0.25) is 0 Å². The fourth-order valence-corrected chi connectivity index (χ4v) is 1.43. The highest BCUT2D eigenvalue weighted by Gasteiger charge is 2.38. The van der Waals surface area contributed by atoms with Crippen LogP contribution in [0.4, 0.5) is 4.79 Å². The molecule has 0 aromatic heterocycles. The molecule has 0 aromatic rings. The number of nitrogens with one attached hydrogen (secondary N) is 1. The number of amides is 1. The normalized spacial score (nSPS) is 22.9. The van der Waals surface area contributed by atoms with Crippen molar-refractivity contribution in [3.63, 3.8) is 0 Å². The SMILES string of the molecule is C=CCOC(=O)NC[C@H]1C[C@H]1CC(=O)O. The molecule has 0 bridgehead atoms. The average Bonchev–Trinajstić information content (AvgIpc) is 2.89. The zero-order valence-electron chi connectivity index (χ0n) is 8.44. The molecule has 5 heteroatoms. The smallest absolute Gasteiger partial charge is 0.407 e. The largest absolute Gasteiger partial charge is 0.481 e. The lowest BCUT2D eigenvalue weighted by Gasteiger charge is -2.03. The van der Waals surface area contributed by atoms with Gasteiger partial charge in [-0.05, 0) is 18.3 Å². The Bertz CT molecular complexity index is 264. The summed E-state index contributed by atoms with van der Waals surface area (Å²) in [5.41, 5.74) is 0. The molecule has 2 N–H and O–H groups in total. The Morgan fingerprint density at radius 1 is 1.53 bits per heavy atom. The van der Waals surface area contributed by atoms with E-state index in [4.69, 9.17) is 9.84 Å². The van der Waals surface area contributed by atoms with E-state index in [1.54, 1.807) is 0 Å². The van der Waals surface area contributed by atoms with Crippen molar-refractivity contribution in [3.8, 4) is 0 Å². The third-order valence-corrected chi connectivity index (χ3v) is 2.35. The maximum Gasteiger partial charge on any atom is 0.407 e. The minimum absolute atomic E-state index is 0.189. The van der Waals surface area contributed by atoms with Crippen molar-refractivity contribution in [2.75, 3.05) is 13.2 Å². The maximum absolute atomic E-state index is 11.0. The van der Waals surface area contributed by atoms with Gasteiger partial charge >= 0.3 is 12.1 Å². The van der Waals surface area contributed by atoms with Crippen molar-refractivity contribution in [2.45, 2.75) is 12.8 Å².